The summed E-state index contributed by atoms with van der Waals surface area (Å²) < 4.78 is 10.3. The van der Waals surface area contributed by atoms with Crippen LogP contribution in [0.25, 0.3) is 10.6 Å². The number of aromatic nitrogens is 1. The first-order chi connectivity index (χ1) is 9.06. The molecule has 1 aromatic heterocycles. The third kappa shape index (κ3) is 2.45. The number of nitrogens with zero attached hydrogens (tertiary/aromatic N) is 1. The van der Waals surface area contributed by atoms with E-state index in [-0.39, 0.29) is 10.7 Å². The molecule has 3 N–H and O–H groups in total. The molecule has 0 radical (unpaired) electrons. The average Bonchev–Trinajstić information content (AvgIpc) is 2.80. The number of ether oxygens (including phenoxy) is 2. The lowest BCUT2D eigenvalue weighted by molar-refractivity contribution is 0.0692. The number of nitrogen functional groups attached to an aromatic ring is 1. The van der Waals surface area contributed by atoms with Crippen LogP contribution in [0.15, 0.2) is 18.2 Å². The average molecular weight is 280 g/mol. The number of aromatic carboxylic acids is 1. The monoisotopic (exact) mass is 280 g/mol. The Kier molecular flexibility index (Phi) is 3.57. The second kappa shape index (κ2) is 5.15. The first-order valence-electron chi connectivity index (χ1n) is 5.28. The van der Waals surface area contributed by atoms with Gasteiger partial charge in [0.1, 0.15) is 21.5 Å². The topological polar surface area (TPSA) is 94.7 Å². The minimum Gasteiger partial charge on any atom is -0.497 e. The van der Waals surface area contributed by atoms with Crippen LogP contribution >= 0.6 is 11.3 Å². The van der Waals surface area contributed by atoms with Crippen molar-refractivity contribution in [3.05, 3.63) is 23.9 Å². The van der Waals surface area contributed by atoms with Crippen LogP contribution in [0.2, 0.25) is 0 Å². The number of thiazole rings is 1. The molecule has 0 aliphatic carbocycles. The predicted molar refractivity (Wildman–Crippen MR) is 72.0 cm³/mol. The molecule has 0 fully saturated rings. The zero-order chi connectivity index (χ0) is 14.0. The van der Waals surface area contributed by atoms with Crippen molar-refractivity contribution in [3.63, 3.8) is 0 Å². The lowest BCUT2D eigenvalue weighted by atomic mass is 10.2. The van der Waals surface area contributed by atoms with Crippen LogP contribution in [-0.2, 0) is 0 Å². The molecule has 2 rings (SSSR count). The molecule has 100 valence electrons. The van der Waals surface area contributed by atoms with Crippen LogP contribution in [0.1, 0.15) is 10.5 Å². The van der Waals surface area contributed by atoms with E-state index in [0.29, 0.717) is 22.1 Å². The summed E-state index contributed by atoms with van der Waals surface area (Å²) in [5.74, 6) is 0.0427. The van der Waals surface area contributed by atoms with E-state index in [9.17, 15) is 4.79 Å². The fraction of sp³-hybridized carbons (Fsp3) is 0.167. The van der Waals surface area contributed by atoms with Crippen molar-refractivity contribution in [2.75, 3.05) is 20.0 Å². The fourth-order valence-electron chi connectivity index (χ4n) is 1.58. The van der Waals surface area contributed by atoms with Crippen LogP contribution in [-0.4, -0.2) is 30.3 Å². The van der Waals surface area contributed by atoms with Crippen molar-refractivity contribution in [2.45, 2.75) is 0 Å². The summed E-state index contributed by atoms with van der Waals surface area (Å²) in [7, 11) is 3.08. The Labute approximate surface area is 113 Å². The van der Waals surface area contributed by atoms with Gasteiger partial charge in [0.25, 0.3) is 0 Å². The van der Waals surface area contributed by atoms with Crippen molar-refractivity contribution < 1.29 is 19.4 Å². The highest BCUT2D eigenvalue weighted by Gasteiger charge is 2.18. The Morgan fingerprint density at radius 3 is 2.63 bits per heavy atom. The lowest BCUT2D eigenvalue weighted by Gasteiger charge is -2.07. The molecule has 0 saturated carbocycles. The number of anilines is 1. The second-order valence-electron chi connectivity index (χ2n) is 3.60. The maximum atomic E-state index is 10.9. The minimum atomic E-state index is -1.15. The summed E-state index contributed by atoms with van der Waals surface area (Å²) >= 11 is 1.10. The number of rotatable bonds is 4. The Morgan fingerprint density at radius 1 is 1.37 bits per heavy atom. The van der Waals surface area contributed by atoms with E-state index >= 15 is 0 Å². The fourth-order valence-corrected chi connectivity index (χ4v) is 2.43. The molecular weight excluding hydrogens is 268 g/mol. The van der Waals surface area contributed by atoms with Crippen molar-refractivity contribution in [1.29, 1.82) is 0 Å². The van der Waals surface area contributed by atoms with Gasteiger partial charge in [-0.05, 0) is 12.1 Å². The molecule has 0 unspecified atom stereocenters. The number of benzene rings is 1. The van der Waals surface area contributed by atoms with Gasteiger partial charge >= 0.3 is 5.97 Å². The molecule has 7 heteroatoms. The quantitative estimate of drug-likeness (QED) is 0.890. The van der Waals surface area contributed by atoms with Crippen molar-refractivity contribution >= 4 is 22.3 Å². The molecule has 0 atom stereocenters. The highest BCUT2D eigenvalue weighted by Crippen LogP contribution is 2.37. The summed E-state index contributed by atoms with van der Waals surface area (Å²) in [4.78, 5) is 15.0. The van der Waals surface area contributed by atoms with Gasteiger partial charge in [-0.1, -0.05) is 11.3 Å². The van der Waals surface area contributed by atoms with Crippen molar-refractivity contribution in [1.82, 2.24) is 4.98 Å². The molecule has 2 aromatic rings. The zero-order valence-electron chi connectivity index (χ0n) is 10.3. The normalized spacial score (nSPS) is 10.2. The summed E-state index contributed by atoms with van der Waals surface area (Å²) in [6, 6.07) is 5.20. The molecule has 1 aromatic carbocycles. The Balaban J connectivity index is 2.52. The van der Waals surface area contributed by atoms with Gasteiger partial charge in [-0.15, -0.1) is 0 Å². The molecule has 0 amide bonds. The molecule has 0 aliphatic heterocycles. The smallest absolute Gasteiger partial charge is 0.357 e. The number of carboxylic acid groups (broad SMARTS) is 1. The second-order valence-corrected chi connectivity index (χ2v) is 4.63. The van der Waals surface area contributed by atoms with Crippen LogP contribution < -0.4 is 15.2 Å². The van der Waals surface area contributed by atoms with Gasteiger partial charge in [0.2, 0.25) is 0 Å². The number of methoxy groups -OCH3 is 2. The summed E-state index contributed by atoms with van der Waals surface area (Å²) in [6.07, 6.45) is 0. The molecule has 6 nitrogen and oxygen atoms in total. The van der Waals surface area contributed by atoms with Gasteiger partial charge in [-0.3, -0.25) is 0 Å². The molecule has 19 heavy (non-hydrogen) atoms. The van der Waals surface area contributed by atoms with Gasteiger partial charge in [-0.25, -0.2) is 9.78 Å². The van der Waals surface area contributed by atoms with E-state index < -0.39 is 5.97 Å². The lowest BCUT2D eigenvalue weighted by Crippen LogP contribution is -2.00. The maximum Gasteiger partial charge on any atom is 0.357 e. The van der Waals surface area contributed by atoms with Gasteiger partial charge in [0.15, 0.2) is 5.69 Å². The minimum absolute atomic E-state index is 0.141. The van der Waals surface area contributed by atoms with Crippen LogP contribution in [0, 0.1) is 0 Å². The number of hydrogen-bond donors (Lipinski definition) is 2. The number of carboxylic acids is 1. The third-order valence-electron chi connectivity index (χ3n) is 2.50. The van der Waals surface area contributed by atoms with Crippen LogP contribution in [0.3, 0.4) is 0 Å². The Hall–Kier alpha value is -2.28. The van der Waals surface area contributed by atoms with Gasteiger partial charge in [-0.2, -0.15) is 0 Å². The summed E-state index contributed by atoms with van der Waals surface area (Å²) in [6.45, 7) is 0. The van der Waals surface area contributed by atoms with Crippen LogP contribution in [0.5, 0.6) is 11.5 Å². The van der Waals surface area contributed by atoms with Crippen molar-refractivity contribution in [2.24, 2.45) is 0 Å². The first-order valence-corrected chi connectivity index (χ1v) is 6.10. The number of carbonyl (C=O) groups is 1. The highest BCUT2D eigenvalue weighted by molar-refractivity contribution is 7.19. The molecule has 0 spiro atoms. The first kappa shape index (κ1) is 13.2. The van der Waals surface area contributed by atoms with E-state index in [2.05, 4.69) is 4.98 Å². The van der Waals surface area contributed by atoms with E-state index in [1.165, 1.54) is 7.11 Å². The molecule has 0 saturated heterocycles. The van der Waals surface area contributed by atoms with E-state index in [1.807, 2.05) is 0 Å². The van der Waals surface area contributed by atoms with Gasteiger partial charge < -0.3 is 20.3 Å². The zero-order valence-corrected chi connectivity index (χ0v) is 11.2. The van der Waals surface area contributed by atoms with Gasteiger partial charge in [0.05, 0.1) is 19.8 Å². The van der Waals surface area contributed by atoms with E-state index in [0.717, 1.165) is 11.3 Å². The summed E-state index contributed by atoms with van der Waals surface area (Å²) in [5.41, 5.74) is 6.17. The predicted octanol–water partition coefficient (Wildman–Crippen LogP) is 2.11. The van der Waals surface area contributed by atoms with E-state index in [1.54, 1.807) is 25.3 Å². The van der Waals surface area contributed by atoms with E-state index in [4.69, 9.17) is 20.3 Å². The Morgan fingerprint density at radius 2 is 2.11 bits per heavy atom. The maximum absolute atomic E-state index is 10.9. The number of hydrogen-bond acceptors (Lipinski definition) is 6. The standard InChI is InChI=1S/C12H12N2O4S/c1-17-6-3-4-7(8(5-6)18-2)11-14-9(12(15)16)10(13)19-11/h3-5H,13H2,1-2H3,(H,15,16). The molecular formula is C12H12N2O4S. The number of nitrogens with two attached hydrogens (primary N) is 1. The molecule has 1 heterocycles. The largest absolute Gasteiger partial charge is 0.497 e. The molecule has 0 bridgehead atoms. The molecule has 0 aliphatic rings. The Bertz CT molecular complexity index is 624. The van der Waals surface area contributed by atoms with Gasteiger partial charge in [0, 0.05) is 6.07 Å². The third-order valence-corrected chi connectivity index (χ3v) is 3.41. The summed E-state index contributed by atoms with van der Waals surface area (Å²) in [5, 5.41) is 9.61. The van der Waals surface area contributed by atoms with Crippen LogP contribution in [0.4, 0.5) is 5.00 Å². The highest BCUT2D eigenvalue weighted by atomic mass is 32.1. The SMILES string of the molecule is COc1ccc(-c2nc(C(=O)O)c(N)s2)c(OC)c1. The van der Waals surface area contributed by atoms with Crippen molar-refractivity contribution in [3.8, 4) is 22.1 Å².